The molecule has 0 N–H and O–H groups in total. The predicted octanol–water partition coefficient (Wildman–Crippen LogP) is 3.22. The Balaban J connectivity index is 1.32. The first-order valence-corrected chi connectivity index (χ1v) is 10.6. The van der Waals surface area contributed by atoms with Crippen molar-refractivity contribution in [1.82, 2.24) is 5.01 Å². The molecule has 1 heterocycles. The summed E-state index contributed by atoms with van der Waals surface area (Å²) in [5.74, 6) is -1.33. The van der Waals surface area contributed by atoms with E-state index in [1.807, 2.05) is 12.2 Å². The van der Waals surface area contributed by atoms with Crippen LogP contribution in [0.25, 0.3) is 0 Å². The van der Waals surface area contributed by atoms with Gasteiger partial charge in [0, 0.05) is 23.8 Å². The second-order valence-electron chi connectivity index (χ2n) is 8.43. The van der Waals surface area contributed by atoms with E-state index in [0.29, 0.717) is 11.1 Å². The van der Waals surface area contributed by atoms with E-state index in [-0.39, 0.29) is 59.2 Å². The van der Waals surface area contributed by atoms with Crippen LogP contribution in [-0.4, -0.2) is 32.9 Å². The Morgan fingerprint density at radius 2 is 1.71 bits per heavy atom. The fourth-order valence-electron chi connectivity index (χ4n) is 4.93. The molecule has 0 aromatic heterocycles. The van der Waals surface area contributed by atoms with Crippen LogP contribution in [0.3, 0.4) is 0 Å². The molecule has 11 nitrogen and oxygen atoms in total. The highest BCUT2D eigenvalue weighted by Crippen LogP contribution is 2.52. The standard InChI is InChI=1S/C23H18N4O7/c28-22-20-15-5-6-16(10-15)21(20)23(29)25(22)24-11-13-4-7-19(18(9-13)27(32)33)34-12-14-2-1-3-17(8-14)26(30)31/h1-9,11,15-16,20-21H,10,12H2/t15-,16-,20-,21+/m0/s1. The summed E-state index contributed by atoms with van der Waals surface area (Å²) in [7, 11) is 0. The molecule has 0 spiro atoms. The van der Waals surface area contributed by atoms with E-state index < -0.39 is 9.85 Å². The van der Waals surface area contributed by atoms with Crippen molar-refractivity contribution in [1.29, 1.82) is 0 Å². The summed E-state index contributed by atoms with van der Waals surface area (Å²) in [6.45, 7) is -0.105. The van der Waals surface area contributed by atoms with Crippen molar-refractivity contribution in [2.24, 2.45) is 28.8 Å². The van der Waals surface area contributed by atoms with Crippen molar-refractivity contribution >= 4 is 29.4 Å². The summed E-state index contributed by atoms with van der Waals surface area (Å²) >= 11 is 0. The number of allylic oxidation sites excluding steroid dienone is 2. The number of non-ortho nitro benzene ring substituents is 1. The molecule has 172 valence electrons. The van der Waals surface area contributed by atoms with E-state index in [9.17, 15) is 29.8 Å². The van der Waals surface area contributed by atoms with E-state index >= 15 is 0 Å². The topological polar surface area (TPSA) is 145 Å². The molecule has 2 bridgehead atoms. The largest absolute Gasteiger partial charge is 0.482 e. The number of nitro groups is 2. The van der Waals surface area contributed by atoms with Gasteiger partial charge in [-0.3, -0.25) is 29.8 Å². The number of nitrogens with zero attached hydrogens (tertiary/aromatic N) is 4. The number of benzene rings is 2. The summed E-state index contributed by atoms with van der Waals surface area (Å²) in [6, 6.07) is 9.89. The van der Waals surface area contributed by atoms with Crippen LogP contribution in [0.2, 0.25) is 0 Å². The summed E-state index contributed by atoms with van der Waals surface area (Å²) in [4.78, 5) is 46.7. The van der Waals surface area contributed by atoms with Crippen molar-refractivity contribution in [2.75, 3.05) is 0 Å². The number of fused-ring (bicyclic) bond motifs is 5. The van der Waals surface area contributed by atoms with Crippen molar-refractivity contribution in [3.8, 4) is 5.75 Å². The maximum Gasteiger partial charge on any atom is 0.311 e. The smallest absolute Gasteiger partial charge is 0.311 e. The second kappa shape index (κ2) is 8.18. The zero-order valence-corrected chi connectivity index (χ0v) is 17.6. The van der Waals surface area contributed by atoms with Gasteiger partial charge < -0.3 is 4.74 Å². The highest BCUT2D eigenvalue weighted by Gasteiger charge is 2.59. The van der Waals surface area contributed by atoms with Crippen LogP contribution in [0.4, 0.5) is 11.4 Å². The quantitative estimate of drug-likeness (QED) is 0.202. The molecule has 1 saturated heterocycles. The number of amides is 2. The fraction of sp³-hybridized carbons (Fsp3) is 0.261. The van der Waals surface area contributed by atoms with Gasteiger partial charge in [0.2, 0.25) is 0 Å². The third-order valence-electron chi connectivity index (χ3n) is 6.46. The number of hydrogen-bond donors (Lipinski definition) is 0. The van der Waals surface area contributed by atoms with Crippen LogP contribution in [0.15, 0.2) is 59.7 Å². The number of nitro benzene ring substituents is 2. The highest BCUT2D eigenvalue weighted by molar-refractivity contribution is 6.06. The number of hydrogen-bond acceptors (Lipinski definition) is 8. The number of carbonyl (C=O) groups is 2. The first-order chi connectivity index (χ1) is 16.3. The molecule has 0 radical (unpaired) electrons. The normalized spacial score (nSPS) is 24.8. The van der Waals surface area contributed by atoms with Gasteiger partial charge in [0.1, 0.15) is 6.61 Å². The Morgan fingerprint density at radius 3 is 2.35 bits per heavy atom. The first-order valence-electron chi connectivity index (χ1n) is 10.6. The average Bonchev–Trinajstić information content (AvgIpc) is 3.51. The van der Waals surface area contributed by atoms with Gasteiger partial charge in [-0.2, -0.15) is 10.1 Å². The molecule has 2 aromatic carbocycles. The maximum absolute atomic E-state index is 12.7. The third kappa shape index (κ3) is 3.60. The van der Waals surface area contributed by atoms with Gasteiger partial charge in [0.15, 0.2) is 5.75 Å². The minimum atomic E-state index is -0.625. The second-order valence-corrected chi connectivity index (χ2v) is 8.43. The Hall–Kier alpha value is -4.41. The van der Waals surface area contributed by atoms with E-state index in [1.54, 1.807) is 6.07 Å². The summed E-state index contributed by atoms with van der Waals surface area (Å²) < 4.78 is 5.53. The number of hydrazone groups is 1. The summed E-state index contributed by atoms with van der Waals surface area (Å²) in [5, 5.41) is 27.4. The van der Waals surface area contributed by atoms with E-state index in [1.165, 1.54) is 42.6 Å². The summed E-state index contributed by atoms with van der Waals surface area (Å²) in [6.07, 6.45) is 6.03. The number of imide groups is 1. The first kappa shape index (κ1) is 21.4. The molecule has 3 aliphatic rings. The fourth-order valence-corrected chi connectivity index (χ4v) is 4.93. The van der Waals surface area contributed by atoms with Crippen molar-refractivity contribution in [3.05, 3.63) is 86.0 Å². The van der Waals surface area contributed by atoms with Crippen molar-refractivity contribution < 1.29 is 24.2 Å². The molecule has 1 aliphatic heterocycles. The zero-order chi connectivity index (χ0) is 24.0. The van der Waals surface area contributed by atoms with Gasteiger partial charge >= 0.3 is 5.69 Å². The summed E-state index contributed by atoms with van der Waals surface area (Å²) in [5.41, 5.74) is 0.344. The van der Waals surface area contributed by atoms with Crippen LogP contribution >= 0.6 is 0 Å². The van der Waals surface area contributed by atoms with Gasteiger partial charge in [-0.1, -0.05) is 24.3 Å². The molecule has 34 heavy (non-hydrogen) atoms. The number of rotatable bonds is 7. The predicted molar refractivity (Wildman–Crippen MR) is 118 cm³/mol. The molecule has 2 fully saturated rings. The van der Waals surface area contributed by atoms with E-state index in [2.05, 4.69) is 5.10 Å². The van der Waals surface area contributed by atoms with Gasteiger partial charge in [-0.05, 0) is 36.0 Å². The molecular formula is C23H18N4O7. The Bertz CT molecular complexity index is 1260. The maximum atomic E-state index is 12.7. The number of ether oxygens (including phenoxy) is 1. The molecule has 2 amide bonds. The SMILES string of the molecule is O=C1[C@@H]2[C@H](C(=O)N1N=Cc1ccc(OCc3cccc([N+](=O)[O-])c3)c([N+](=O)[O-])c1)[C@H]1C=C[C@H]2C1. The molecule has 11 heteroatoms. The van der Waals surface area contributed by atoms with Crippen LogP contribution in [0.1, 0.15) is 17.5 Å². The Labute approximate surface area is 192 Å². The number of carbonyl (C=O) groups excluding carboxylic acids is 2. The lowest BCUT2D eigenvalue weighted by molar-refractivity contribution is -0.386. The van der Waals surface area contributed by atoms with Gasteiger partial charge in [-0.25, -0.2) is 0 Å². The van der Waals surface area contributed by atoms with Crippen molar-refractivity contribution in [3.63, 3.8) is 0 Å². The van der Waals surface area contributed by atoms with Gasteiger partial charge in [0.25, 0.3) is 17.5 Å². The lowest BCUT2D eigenvalue weighted by atomic mass is 9.85. The Kier molecular flexibility index (Phi) is 5.16. The molecule has 1 saturated carbocycles. The van der Waals surface area contributed by atoms with E-state index in [4.69, 9.17) is 4.74 Å². The molecule has 5 rings (SSSR count). The average molecular weight is 462 g/mol. The van der Waals surface area contributed by atoms with Gasteiger partial charge in [-0.15, -0.1) is 0 Å². The lowest BCUT2D eigenvalue weighted by Crippen LogP contribution is -2.28. The molecular weight excluding hydrogens is 444 g/mol. The van der Waals surface area contributed by atoms with Crippen LogP contribution in [-0.2, 0) is 16.2 Å². The van der Waals surface area contributed by atoms with Crippen LogP contribution in [0, 0.1) is 43.9 Å². The van der Waals surface area contributed by atoms with Crippen LogP contribution < -0.4 is 4.74 Å². The van der Waals surface area contributed by atoms with Crippen LogP contribution in [0.5, 0.6) is 5.75 Å². The van der Waals surface area contributed by atoms with E-state index in [0.717, 1.165) is 11.4 Å². The minimum Gasteiger partial charge on any atom is -0.482 e. The third-order valence-corrected chi connectivity index (χ3v) is 6.46. The van der Waals surface area contributed by atoms with Gasteiger partial charge in [0.05, 0.1) is 27.9 Å². The highest BCUT2D eigenvalue weighted by atomic mass is 16.6. The lowest BCUT2D eigenvalue weighted by Gasteiger charge is -2.13. The molecule has 0 unspecified atom stereocenters. The van der Waals surface area contributed by atoms with Crippen molar-refractivity contribution in [2.45, 2.75) is 13.0 Å². The minimum absolute atomic E-state index is 0.0286. The Morgan fingerprint density at radius 1 is 1.00 bits per heavy atom. The molecule has 2 aromatic rings. The monoisotopic (exact) mass is 462 g/mol. The zero-order valence-electron chi connectivity index (χ0n) is 17.6. The molecule has 2 aliphatic carbocycles. The molecule has 4 atom stereocenters.